The zero-order valence-corrected chi connectivity index (χ0v) is 14.5. The topological polar surface area (TPSA) is 61.8 Å². The van der Waals surface area contributed by atoms with Crippen molar-refractivity contribution in [3.8, 4) is 5.75 Å². The lowest BCUT2D eigenvalue weighted by molar-refractivity contribution is 0.182. The van der Waals surface area contributed by atoms with Crippen LogP contribution in [0.3, 0.4) is 0 Å². The maximum atomic E-state index is 10.9. The van der Waals surface area contributed by atoms with E-state index in [9.17, 15) is 4.79 Å². The highest BCUT2D eigenvalue weighted by Crippen LogP contribution is 2.37. The molecular weight excluding hydrogens is 324 g/mol. The number of carboxylic acid groups (broad SMARTS) is 1. The van der Waals surface area contributed by atoms with E-state index in [1.807, 2.05) is 38.4 Å². The van der Waals surface area contributed by atoms with Gasteiger partial charge >= 0.3 is 6.09 Å². The summed E-state index contributed by atoms with van der Waals surface area (Å²) in [6.45, 7) is 0.516. The standard InChI is InChI=1S/C18H20N2O3S/c1-20(2)12-4-3-5-13(10-12)24-14-6-7-15-16(19-18(21)22)8-9-23-17(15)11-14/h3-7,10-11,16,19H,8-9H2,1-2H3,(H,21,22). The largest absolute Gasteiger partial charge is 0.493 e. The van der Waals surface area contributed by atoms with Crippen LogP contribution in [0, 0.1) is 0 Å². The van der Waals surface area contributed by atoms with E-state index in [-0.39, 0.29) is 6.04 Å². The molecule has 0 saturated carbocycles. The van der Waals surface area contributed by atoms with Crippen LogP contribution in [-0.4, -0.2) is 31.9 Å². The fraction of sp³-hybridized carbons (Fsp3) is 0.278. The number of rotatable bonds is 4. The highest BCUT2D eigenvalue weighted by atomic mass is 32.2. The van der Waals surface area contributed by atoms with Crippen molar-refractivity contribution in [1.29, 1.82) is 0 Å². The molecule has 0 bridgehead atoms. The Balaban J connectivity index is 1.81. The van der Waals surface area contributed by atoms with E-state index in [1.54, 1.807) is 11.8 Å². The van der Waals surface area contributed by atoms with Gasteiger partial charge in [-0.25, -0.2) is 4.79 Å². The van der Waals surface area contributed by atoms with Crippen molar-refractivity contribution < 1.29 is 14.6 Å². The molecule has 2 N–H and O–H groups in total. The molecule has 0 fully saturated rings. The average Bonchev–Trinajstić information content (AvgIpc) is 2.54. The smallest absolute Gasteiger partial charge is 0.405 e. The van der Waals surface area contributed by atoms with Crippen LogP contribution in [0.15, 0.2) is 52.3 Å². The van der Waals surface area contributed by atoms with E-state index in [1.165, 1.54) is 0 Å². The van der Waals surface area contributed by atoms with E-state index >= 15 is 0 Å². The maximum Gasteiger partial charge on any atom is 0.405 e. The Hall–Kier alpha value is -2.34. The molecule has 1 heterocycles. The van der Waals surface area contributed by atoms with Gasteiger partial charge in [-0.05, 0) is 30.3 Å². The summed E-state index contributed by atoms with van der Waals surface area (Å²) in [7, 11) is 4.04. The molecule has 126 valence electrons. The molecule has 5 nitrogen and oxygen atoms in total. The molecule has 1 aliphatic heterocycles. The number of amides is 1. The third-order valence-electron chi connectivity index (χ3n) is 3.89. The number of carbonyl (C=O) groups is 1. The van der Waals surface area contributed by atoms with Gasteiger partial charge in [0.2, 0.25) is 0 Å². The first kappa shape index (κ1) is 16.5. The fourth-order valence-corrected chi connectivity index (χ4v) is 3.59. The van der Waals surface area contributed by atoms with Gasteiger partial charge in [-0.15, -0.1) is 0 Å². The van der Waals surface area contributed by atoms with E-state index in [2.05, 4.69) is 28.4 Å². The Morgan fingerprint density at radius 3 is 2.79 bits per heavy atom. The number of benzene rings is 2. The molecule has 1 amide bonds. The maximum absolute atomic E-state index is 10.9. The number of ether oxygens (including phenoxy) is 1. The van der Waals surface area contributed by atoms with Gasteiger partial charge < -0.3 is 20.1 Å². The highest BCUT2D eigenvalue weighted by molar-refractivity contribution is 7.99. The van der Waals surface area contributed by atoms with Crippen molar-refractivity contribution in [1.82, 2.24) is 5.32 Å². The summed E-state index contributed by atoms with van der Waals surface area (Å²) in [5.74, 6) is 0.758. The predicted octanol–water partition coefficient (Wildman–Crippen LogP) is 4.00. The van der Waals surface area contributed by atoms with Gasteiger partial charge in [0.15, 0.2) is 0 Å². The molecule has 0 spiro atoms. The molecule has 0 saturated heterocycles. The first-order valence-electron chi connectivity index (χ1n) is 7.74. The summed E-state index contributed by atoms with van der Waals surface area (Å²) in [6.07, 6.45) is -0.358. The highest BCUT2D eigenvalue weighted by Gasteiger charge is 2.23. The normalized spacial score (nSPS) is 16.0. The number of hydrogen-bond donors (Lipinski definition) is 2. The molecule has 1 unspecified atom stereocenters. The Kier molecular flexibility index (Phi) is 4.85. The molecule has 2 aromatic carbocycles. The predicted molar refractivity (Wildman–Crippen MR) is 95.3 cm³/mol. The molecule has 0 radical (unpaired) electrons. The minimum atomic E-state index is -1.01. The summed E-state index contributed by atoms with van der Waals surface area (Å²) in [5.41, 5.74) is 2.05. The number of nitrogens with zero attached hydrogens (tertiary/aromatic N) is 1. The third kappa shape index (κ3) is 3.76. The van der Waals surface area contributed by atoms with Gasteiger partial charge in [0.1, 0.15) is 5.75 Å². The van der Waals surface area contributed by atoms with Gasteiger partial charge in [-0.3, -0.25) is 0 Å². The fourth-order valence-electron chi connectivity index (χ4n) is 2.69. The second-order valence-corrected chi connectivity index (χ2v) is 6.98. The van der Waals surface area contributed by atoms with E-state index in [0.29, 0.717) is 13.0 Å². The van der Waals surface area contributed by atoms with Crippen LogP contribution < -0.4 is 15.0 Å². The van der Waals surface area contributed by atoms with Crippen molar-refractivity contribution in [3.05, 3.63) is 48.0 Å². The van der Waals surface area contributed by atoms with Crippen molar-refractivity contribution in [3.63, 3.8) is 0 Å². The SMILES string of the molecule is CN(C)c1cccc(Sc2ccc3c(c2)OCCC3NC(=O)O)c1. The molecule has 1 aliphatic rings. The molecule has 0 aliphatic carbocycles. The number of fused-ring (bicyclic) bond motifs is 1. The molecule has 0 aromatic heterocycles. The van der Waals surface area contributed by atoms with Crippen molar-refractivity contribution in [2.45, 2.75) is 22.3 Å². The Morgan fingerprint density at radius 1 is 1.25 bits per heavy atom. The molecule has 24 heavy (non-hydrogen) atoms. The molecule has 3 rings (SSSR count). The van der Waals surface area contributed by atoms with E-state index < -0.39 is 6.09 Å². The van der Waals surface area contributed by atoms with Crippen LogP contribution in [0.2, 0.25) is 0 Å². The molecular formula is C18H20N2O3S. The molecule has 6 heteroatoms. The molecule has 1 atom stereocenters. The van der Waals surface area contributed by atoms with Crippen molar-refractivity contribution >= 4 is 23.5 Å². The zero-order chi connectivity index (χ0) is 17.1. The summed E-state index contributed by atoms with van der Waals surface area (Å²) in [6, 6.07) is 14.1. The summed E-state index contributed by atoms with van der Waals surface area (Å²) in [4.78, 5) is 15.2. The number of anilines is 1. The first-order chi connectivity index (χ1) is 11.5. The van der Waals surface area contributed by atoms with Crippen molar-refractivity contribution in [2.24, 2.45) is 0 Å². The number of hydrogen-bond acceptors (Lipinski definition) is 4. The van der Waals surface area contributed by atoms with Crippen LogP contribution in [-0.2, 0) is 0 Å². The van der Waals surface area contributed by atoms with E-state index in [4.69, 9.17) is 9.84 Å². The lowest BCUT2D eigenvalue weighted by Crippen LogP contribution is -2.30. The monoisotopic (exact) mass is 344 g/mol. The van der Waals surface area contributed by atoms with Crippen LogP contribution >= 0.6 is 11.8 Å². The molecule has 2 aromatic rings. The quantitative estimate of drug-likeness (QED) is 0.878. The summed E-state index contributed by atoms with van der Waals surface area (Å²) >= 11 is 1.66. The minimum absolute atomic E-state index is 0.206. The van der Waals surface area contributed by atoms with Gasteiger partial charge in [0.25, 0.3) is 0 Å². The van der Waals surface area contributed by atoms with Gasteiger partial charge in [-0.2, -0.15) is 0 Å². The second kappa shape index (κ2) is 7.05. The second-order valence-electron chi connectivity index (χ2n) is 5.83. The van der Waals surface area contributed by atoms with Crippen LogP contribution in [0.4, 0.5) is 10.5 Å². The Morgan fingerprint density at radius 2 is 2.04 bits per heavy atom. The summed E-state index contributed by atoms with van der Waals surface area (Å²) < 4.78 is 5.72. The van der Waals surface area contributed by atoms with Crippen LogP contribution in [0.25, 0.3) is 0 Å². The first-order valence-corrected chi connectivity index (χ1v) is 8.56. The summed E-state index contributed by atoms with van der Waals surface area (Å²) in [5, 5.41) is 11.5. The number of nitrogens with one attached hydrogen (secondary N) is 1. The lowest BCUT2D eigenvalue weighted by Gasteiger charge is -2.26. The minimum Gasteiger partial charge on any atom is -0.493 e. The van der Waals surface area contributed by atoms with Crippen LogP contribution in [0.5, 0.6) is 5.75 Å². The van der Waals surface area contributed by atoms with Gasteiger partial charge in [-0.1, -0.05) is 23.9 Å². The van der Waals surface area contributed by atoms with Gasteiger partial charge in [0, 0.05) is 41.6 Å². The lowest BCUT2D eigenvalue weighted by atomic mass is 10.0. The zero-order valence-electron chi connectivity index (χ0n) is 13.7. The Bertz CT molecular complexity index is 749. The van der Waals surface area contributed by atoms with E-state index in [0.717, 1.165) is 26.8 Å². The third-order valence-corrected chi connectivity index (χ3v) is 4.87. The van der Waals surface area contributed by atoms with Gasteiger partial charge in [0.05, 0.1) is 12.6 Å². The van der Waals surface area contributed by atoms with Crippen LogP contribution in [0.1, 0.15) is 18.0 Å². The van der Waals surface area contributed by atoms with Crippen molar-refractivity contribution in [2.75, 3.05) is 25.6 Å². The average molecular weight is 344 g/mol. The Labute approximate surface area is 145 Å².